The van der Waals surface area contributed by atoms with Gasteiger partial charge in [0.1, 0.15) is 5.82 Å². The number of thiophene rings is 1. The zero-order valence-electron chi connectivity index (χ0n) is 13.7. The van der Waals surface area contributed by atoms with E-state index in [-0.39, 0.29) is 22.6 Å². The molecule has 2 aliphatic rings. The number of rotatable bonds is 5. The zero-order valence-corrected chi connectivity index (χ0v) is 14.5. The molecule has 24 heavy (non-hydrogen) atoms. The van der Waals surface area contributed by atoms with Gasteiger partial charge in [-0.3, -0.25) is 4.79 Å². The smallest absolute Gasteiger partial charge is 0.231 e. The molecular formula is C20H22FNOS. The molecule has 0 atom stereocenters. The SMILES string of the molecule is O=C(NCC1(c2ccc(F)cc2)CC1)C1(c2cccs2)CCCC1. The monoisotopic (exact) mass is 343 g/mol. The molecular weight excluding hydrogens is 321 g/mol. The van der Waals surface area contributed by atoms with Crippen molar-refractivity contribution in [1.82, 2.24) is 5.32 Å². The minimum atomic E-state index is -0.326. The van der Waals surface area contributed by atoms with E-state index >= 15 is 0 Å². The molecule has 2 fully saturated rings. The van der Waals surface area contributed by atoms with Crippen LogP contribution in [-0.2, 0) is 15.6 Å². The van der Waals surface area contributed by atoms with Crippen molar-refractivity contribution < 1.29 is 9.18 Å². The average Bonchev–Trinajstić information content (AvgIpc) is 3.02. The van der Waals surface area contributed by atoms with E-state index in [2.05, 4.69) is 16.8 Å². The lowest BCUT2D eigenvalue weighted by Crippen LogP contribution is -2.44. The normalized spacial score (nSPS) is 20.7. The fraction of sp³-hybridized carbons (Fsp3) is 0.450. The maximum Gasteiger partial charge on any atom is 0.231 e. The number of hydrogen-bond acceptors (Lipinski definition) is 2. The number of carbonyl (C=O) groups is 1. The number of hydrogen-bond donors (Lipinski definition) is 1. The average molecular weight is 343 g/mol. The lowest BCUT2D eigenvalue weighted by Gasteiger charge is -2.28. The number of carbonyl (C=O) groups excluding carboxylic acids is 1. The molecule has 1 amide bonds. The molecule has 126 valence electrons. The van der Waals surface area contributed by atoms with E-state index in [1.54, 1.807) is 11.3 Å². The van der Waals surface area contributed by atoms with Gasteiger partial charge in [-0.2, -0.15) is 0 Å². The summed E-state index contributed by atoms with van der Waals surface area (Å²) in [6.07, 6.45) is 6.25. The highest BCUT2D eigenvalue weighted by molar-refractivity contribution is 7.10. The van der Waals surface area contributed by atoms with Gasteiger partial charge >= 0.3 is 0 Å². The lowest BCUT2D eigenvalue weighted by molar-refractivity contribution is -0.126. The van der Waals surface area contributed by atoms with Crippen molar-refractivity contribution in [2.75, 3.05) is 6.54 Å². The summed E-state index contributed by atoms with van der Waals surface area (Å²) in [5.74, 6) is -0.0305. The van der Waals surface area contributed by atoms with Crippen LogP contribution in [0.2, 0.25) is 0 Å². The molecule has 2 aliphatic carbocycles. The van der Waals surface area contributed by atoms with E-state index in [0.29, 0.717) is 6.54 Å². The third-order valence-corrected chi connectivity index (χ3v) is 6.86. The third-order valence-electron chi connectivity index (χ3n) is 5.78. The largest absolute Gasteiger partial charge is 0.354 e. The molecule has 0 radical (unpaired) electrons. The number of amides is 1. The molecule has 0 bridgehead atoms. The molecule has 2 aromatic rings. The van der Waals surface area contributed by atoms with Crippen molar-refractivity contribution in [3.05, 3.63) is 58.0 Å². The minimum Gasteiger partial charge on any atom is -0.354 e. The first-order valence-corrected chi connectivity index (χ1v) is 9.61. The Kier molecular flexibility index (Phi) is 3.95. The van der Waals surface area contributed by atoms with Crippen molar-refractivity contribution in [3.8, 4) is 0 Å². The topological polar surface area (TPSA) is 29.1 Å². The van der Waals surface area contributed by atoms with Gasteiger partial charge in [-0.25, -0.2) is 4.39 Å². The van der Waals surface area contributed by atoms with Crippen molar-refractivity contribution >= 4 is 17.2 Å². The predicted molar refractivity (Wildman–Crippen MR) is 94.8 cm³/mol. The van der Waals surface area contributed by atoms with Crippen LogP contribution in [0.15, 0.2) is 41.8 Å². The molecule has 2 nitrogen and oxygen atoms in total. The summed E-state index contributed by atoms with van der Waals surface area (Å²) in [7, 11) is 0. The Balaban J connectivity index is 1.49. The quantitative estimate of drug-likeness (QED) is 0.848. The molecule has 0 spiro atoms. The van der Waals surface area contributed by atoms with Crippen LogP contribution in [0.1, 0.15) is 49.0 Å². The second kappa shape index (κ2) is 5.99. The summed E-state index contributed by atoms with van der Waals surface area (Å²) in [5, 5.41) is 5.30. The Bertz CT molecular complexity index is 713. The summed E-state index contributed by atoms with van der Waals surface area (Å²) in [5.41, 5.74) is 0.826. The van der Waals surface area contributed by atoms with Crippen molar-refractivity contribution in [1.29, 1.82) is 0 Å². The molecule has 0 unspecified atom stereocenters. The van der Waals surface area contributed by atoms with Gasteiger partial charge in [0.2, 0.25) is 5.91 Å². The van der Waals surface area contributed by atoms with Crippen LogP contribution in [0.3, 0.4) is 0 Å². The van der Waals surface area contributed by atoms with E-state index in [1.807, 2.05) is 18.2 Å². The van der Waals surface area contributed by atoms with Gasteiger partial charge in [0.25, 0.3) is 0 Å². The minimum absolute atomic E-state index is 0.0125. The molecule has 0 saturated heterocycles. The van der Waals surface area contributed by atoms with Gasteiger partial charge in [0.05, 0.1) is 5.41 Å². The molecule has 2 saturated carbocycles. The Morgan fingerprint density at radius 1 is 1.08 bits per heavy atom. The highest BCUT2D eigenvalue weighted by atomic mass is 32.1. The summed E-state index contributed by atoms with van der Waals surface area (Å²) in [6, 6.07) is 10.9. The fourth-order valence-electron chi connectivity index (χ4n) is 4.06. The van der Waals surface area contributed by atoms with E-state index in [1.165, 1.54) is 17.0 Å². The van der Waals surface area contributed by atoms with Crippen LogP contribution in [0.5, 0.6) is 0 Å². The summed E-state index contributed by atoms with van der Waals surface area (Å²) < 4.78 is 13.2. The molecule has 0 aliphatic heterocycles. The van der Waals surface area contributed by atoms with Crippen LogP contribution in [0.4, 0.5) is 4.39 Å². The number of halogens is 1. The van der Waals surface area contributed by atoms with E-state index < -0.39 is 0 Å². The molecule has 1 aromatic carbocycles. The predicted octanol–water partition coefficient (Wildman–Crippen LogP) is 4.55. The third kappa shape index (κ3) is 2.67. The number of nitrogens with one attached hydrogen (secondary N) is 1. The van der Waals surface area contributed by atoms with Gasteiger partial charge in [-0.05, 0) is 54.8 Å². The van der Waals surface area contributed by atoms with Crippen molar-refractivity contribution in [2.45, 2.75) is 49.4 Å². The number of benzene rings is 1. The van der Waals surface area contributed by atoms with Crippen LogP contribution in [-0.4, -0.2) is 12.5 Å². The first kappa shape index (κ1) is 15.8. The first-order chi connectivity index (χ1) is 11.6. The highest BCUT2D eigenvalue weighted by Crippen LogP contribution is 2.48. The van der Waals surface area contributed by atoms with Gasteiger partial charge in [0, 0.05) is 16.8 Å². The highest BCUT2D eigenvalue weighted by Gasteiger charge is 2.47. The Hall–Kier alpha value is -1.68. The van der Waals surface area contributed by atoms with Crippen molar-refractivity contribution in [2.24, 2.45) is 0 Å². The maximum absolute atomic E-state index is 13.2. The van der Waals surface area contributed by atoms with Gasteiger partial charge in [0.15, 0.2) is 0 Å². The van der Waals surface area contributed by atoms with Crippen LogP contribution in [0.25, 0.3) is 0 Å². The first-order valence-electron chi connectivity index (χ1n) is 8.73. The van der Waals surface area contributed by atoms with E-state index in [0.717, 1.165) is 44.1 Å². The Labute approximate surface area is 146 Å². The van der Waals surface area contributed by atoms with E-state index in [9.17, 15) is 9.18 Å². The molecule has 4 heteroatoms. The van der Waals surface area contributed by atoms with Crippen LogP contribution < -0.4 is 5.32 Å². The fourth-order valence-corrected chi connectivity index (χ4v) is 5.04. The second-order valence-electron chi connectivity index (χ2n) is 7.24. The van der Waals surface area contributed by atoms with Crippen LogP contribution >= 0.6 is 11.3 Å². The lowest BCUT2D eigenvalue weighted by atomic mass is 9.83. The van der Waals surface area contributed by atoms with Gasteiger partial charge in [-0.1, -0.05) is 31.0 Å². The Morgan fingerprint density at radius 2 is 1.79 bits per heavy atom. The maximum atomic E-state index is 13.2. The molecule has 1 N–H and O–H groups in total. The second-order valence-corrected chi connectivity index (χ2v) is 8.18. The summed E-state index contributed by atoms with van der Waals surface area (Å²) in [6.45, 7) is 0.657. The molecule has 1 aromatic heterocycles. The summed E-state index contributed by atoms with van der Waals surface area (Å²) >= 11 is 1.69. The van der Waals surface area contributed by atoms with Gasteiger partial charge < -0.3 is 5.32 Å². The standard InChI is InChI=1S/C20H22FNOS/c21-16-7-5-15(6-8-16)19(11-12-19)14-22-18(23)20(9-1-2-10-20)17-4-3-13-24-17/h3-8,13H,1-2,9-12,14H2,(H,22,23). The van der Waals surface area contributed by atoms with E-state index in [4.69, 9.17) is 0 Å². The molecule has 4 rings (SSSR count). The Morgan fingerprint density at radius 3 is 2.38 bits per heavy atom. The summed E-state index contributed by atoms with van der Waals surface area (Å²) in [4.78, 5) is 14.3. The molecule has 1 heterocycles. The van der Waals surface area contributed by atoms with Crippen LogP contribution in [0, 0.1) is 5.82 Å². The van der Waals surface area contributed by atoms with Gasteiger partial charge in [-0.15, -0.1) is 11.3 Å². The van der Waals surface area contributed by atoms with Crippen molar-refractivity contribution in [3.63, 3.8) is 0 Å². The zero-order chi connectivity index (χ0) is 16.6.